The molecule has 1 aromatic carbocycles. The highest BCUT2D eigenvalue weighted by Gasteiger charge is 2.27. The van der Waals surface area contributed by atoms with Gasteiger partial charge in [-0.3, -0.25) is 14.7 Å². The predicted octanol–water partition coefficient (Wildman–Crippen LogP) is 3.84. The highest BCUT2D eigenvalue weighted by atomic mass is 32.2. The maximum Gasteiger partial charge on any atom is 0.257 e. The number of nitrogens with zero attached hydrogens (tertiary/aromatic N) is 2. The third-order valence-corrected chi connectivity index (χ3v) is 7.66. The molecule has 2 aliphatic rings. The van der Waals surface area contributed by atoms with Crippen molar-refractivity contribution in [1.82, 2.24) is 25.8 Å². The fourth-order valence-corrected chi connectivity index (χ4v) is 5.69. The summed E-state index contributed by atoms with van der Waals surface area (Å²) >= 11 is 1.88. The average molecular weight is 498 g/mol. The van der Waals surface area contributed by atoms with E-state index in [1.807, 2.05) is 17.8 Å². The molecule has 3 N–H and O–H groups in total. The molecule has 8 nitrogen and oxygen atoms in total. The lowest BCUT2D eigenvalue weighted by atomic mass is 9.90. The van der Waals surface area contributed by atoms with E-state index >= 15 is 0 Å². The van der Waals surface area contributed by atoms with Crippen molar-refractivity contribution in [1.29, 1.82) is 0 Å². The van der Waals surface area contributed by atoms with E-state index in [0.29, 0.717) is 5.56 Å². The molecule has 184 valence electrons. The molecule has 35 heavy (non-hydrogen) atoms. The maximum absolute atomic E-state index is 13.9. The van der Waals surface area contributed by atoms with E-state index in [9.17, 15) is 14.0 Å². The summed E-state index contributed by atoms with van der Waals surface area (Å²) in [6.45, 7) is 0. The second-order valence-electron chi connectivity index (χ2n) is 9.10. The lowest BCUT2D eigenvalue weighted by Crippen LogP contribution is -2.44. The fraction of sp³-hybridized carbons (Fsp3) is 0.440. The van der Waals surface area contributed by atoms with Gasteiger partial charge in [-0.15, -0.1) is 0 Å². The van der Waals surface area contributed by atoms with Crippen molar-refractivity contribution >= 4 is 34.5 Å². The van der Waals surface area contributed by atoms with E-state index in [4.69, 9.17) is 4.74 Å². The molecule has 3 aromatic rings. The molecule has 1 aliphatic carbocycles. The number of fused-ring (bicyclic) bond motifs is 1. The van der Waals surface area contributed by atoms with Crippen LogP contribution in [0.1, 0.15) is 59.2 Å². The number of carbonyl (C=O) groups is 2. The van der Waals surface area contributed by atoms with Crippen LogP contribution in [0.5, 0.6) is 5.88 Å². The zero-order valence-corrected chi connectivity index (χ0v) is 20.1. The Kier molecular flexibility index (Phi) is 7.17. The van der Waals surface area contributed by atoms with Crippen LogP contribution in [-0.4, -0.2) is 56.7 Å². The average Bonchev–Trinajstić information content (AvgIpc) is 3.35. The molecule has 10 heteroatoms. The molecule has 0 spiro atoms. The molecule has 2 amide bonds. The fourth-order valence-electron chi connectivity index (χ4n) is 4.63. The van der Waals surface area contributed by atoms with Gasteiger partial charge in [0.2, 0.25) is 5.88 Å². The van der Waals surface area contributed by atoms with Gasteiger partial charge in [0.15, 0.2) is 0 Å². The lowest BCUT2D eigenvalue weighted by Gasteiger charge is -2.30. The number of nitrogens with one attached hydrogen (secondary N) is 3. The van der Waals surface area contributed by atoms with Gasteiger partial charge >= 0.3 is 0 Å². The number of H-pyrrole nitrogens is 1. The van der Waals surface area contributed by atoms with Crippen LogP contribution in [0.2, 0.25) is 0 Å². The molecule has 1 aliphatic heterocycles. The third-order valence-electron chi connectivity index (χ3n) is 6.61. The standard InChI is InChI=1S/C25H28FN5O3S/c26-17-12-21(25(27-14-17)34-20-7-9-35-10-8-20)24(33)30-19-5-3-18(4-6-19)29-23(32)15-1-2-16-13-28-31-22(16)11-15/h1-2,11-14,18-20H,3-10H2,(H,28,31)(H,29,32)(H,30,33). The second kappa shape index (κ2) is 10.6. The molecule has 0 unspecified atom stereocenters. The minimum Gasteiger partial charge on any atom is -0.474 e. The number of amides is 2. The number of carbonyl (C=O) groups excluding carboxylic acids is 2. The molecule has 0 radical (unpaired) electrons. The topological polar surface area (TPSA) is 109 Å². The number of halogens is 1. The molecule has 3 heterocycles. The Bertz CT molecular complexity index is 1200. The van der Waals surface area contributed by atoms with Crippen molar-refractivity contribution < 1.29 is 18.7 Å². The Morgan fingerprint density at radius 2 is 1.69 bits per heavy atom. The highest BCUT2D eigenvalue weighted by Crippen LogP contribution is 2.26. The van der Waals surface area contributed by atoms with E-state index < -0.39 is 5.82 Å². The molecule has 2 aromatic heterocycles. The highest BCUT2D eigenvalue weighted by molar-refractivity contribution is 7.99. The molecule has 1 saturated heterocycles. The van der Waals surface area contributed by atoms with E-state index in [0.717, 1.165) is 67.1 Å². The van der Waals surface area contributed by atoms with Gasteiger partial charge in [0.25, 0.3) is 11.8 Å². The SMILES string of the molecule is O=C(NC1CCC(NC(=O)c2cc(F)cnc2OC2CCSCC2)CC1)c1ccc2cn[nH]c2c1. The summed E-state index contributed by atoms with van der Waals surface area (Å²) in [5, 5.41) is 13.9. The first-order valence-electron chi connectivity index (χ1n) is 12.0. The summed E-state index contributed by atoms with van der Waals surface area (Å²) in [5.74, 6) is 1.13. The number of ether oxygens (including phenoxy) is 1. The minimum atomic E-state index is -0.568. The largest absolute Gasteiger partial charge is 0.474 e. The molecular formula is C25H28FN5O3S. The van der Waals surface area contributed by atoms with Crippen molar-refractivity contribution in [3.8, 4) is 5.88 Å². The summed E-state index contributed by atoms with van der Waals surface area (Å²) in [7, 11) is 0. The van der Waals surface area contributed by atoms with Crippen LogP contribution in [0.3, 0.4) is 0 Å². The third kappa shape index (κ3) is 5.75. The van der Waals surface area contributed by atoms with E-state index in [1.54, 1.807) is 18.3 Å². The van der Waals surface area contributed by atoms with Gasteiger partial charge in [-0.1, -0.05) is 6.07 Å². The number of pyridine rings is 1. The van der Waals surface area contributed by atoms with Gasteiger partial charge in [0.05, 0.1) is 17.9 Å². The number of aromatic amines is 1. The summed E-state index contributed by atoms with van der Waals surface area (Å²) in [6, 6.07) is 6.62. The first-order valence-corrected chi connectivity index (χ1v) is 13.2. The Hall–Kier alpha value is -3.14. The smallest absolute Gasteiger partial charge is 0.257 e. The number of aromatic nitrogens is 3. The molecular weight excluding hydrogens is 469 g/mol. The molecule has 2 fully saturated rings. The first kappa shape index (κ1) is 23.6. The number of hydrogen-bond acceptors (Lipinski definition) is 6. The van der Waals surface area contributed by atoms with Crippen LogP contribution in [-0.2, 0) is 0 Å². The second-order valence-corrected chi connectivity index (χ2v) is 10.3. The van der Waals surface area contributed by atoms with Crippen molar-refractivity contribution in [2.75, 3.05) is 11.5 Å². The van der Waals surface area contributed by atoms with E-state index in [2.05, 4.69) is 25.8 Å². The Balaban J connectivity index is 1.15. The zero-order valence-electron chi connectivity index (χ0n) is 19.3. The predicted molar refractivity (Wildman–Crippen MR) is 132 cm³/mol. The Morgan fingerprint density at radius 1 is 0.971 bits per heavy atom. The zero-order chi connectivity index (χ0) is 24.2. The van der Waals surface area contributed by atoms with Gasteiger partial charge in [-0.05, 0) is 68.2 Å². The summed E-state index contributed by atoms with van der Waals surface area (Å²) < 4.78 is 19.9. The quantitative estimate of drug-likeness (QED) is 0.478. The Labute approximate surface area is 206 Å². The molecule has 0 atom stereocenters. The summed E-state index contributed by atoms with van der Waals surface area (Å²) in [6.07, 6.45) is 7.49. The summed E-state index contributed by atoms with van der Waals surface area (Å²) in [5.41, 5.74) is 1.54. The van der Waals surface area contributed by atoms with Gasteiger partial charge in [-0.25, -0.2) is 9.37 Å². The number of benzene rings is 1. The van der Waals surface area contributed by atoms with Crippen LogP contribution >= 0.6 is 11.8 Å². The van der Waals surface area contributed by atoms with Crippen molar-refractivity contribution in [3.05, 3.63) is 53.6 Å². The van der Waals surface area contributed by atoms with E-state index in [1.165, 1.54) is 6.07 Å². The van der Waals surface area contributed by atoms with Gasteiger partial charge < -0.3 is 15.4 Å². The van der Waals surface area contributed by atoms with Crippen LogP contribution in [0.4, 0.5) is 4.39 Å². The monoisotopic (exact) mass is 497 g/mol. The minimum absolute atomic E-state index is 0.00575. The van der Waals surface area contributed by atoms with Crippen LogP contribution in [0.25, 0.3) is 10.9 Å². The lowest BCUT2D eigenvalue weighted by molar-refractivity contribution is 0.0886. The number of rotatable bonds is 6. The van der Waals surface area contributed by atoms with Crippen molar-refractivity contribution in [2.45, 2.75) is 56.7 Å². The normalized spacial score (nSPS) is 20.9. The molecule has 1 saturated carbocycles. The van der Waals surface area contributed by atoms with E-state index in [-0.39, 0.29) is 41.4 Å². The molecule has 5 rings (SSSR count). The van der Waals surface area contributed by atoms with Crippen LogP contribution < -0.4 is 15.4 Å². The van der Waals surface area contributed by atoms with Gasteiger partial charge in [0, 0.05) is 23.0 Å². The Morgan fingerprint density at radius 3 is 2.43 bits per heavy atom. The maximum atomic E-state index is 13.9. The summed E-state index contributed by atoms with van der Waals surface area (Å²) in [4.78, 5) is 29.7. The van der Waals surface area contributed by atoms with Crippen molar-refractivity contribution in [3.63, 3.8) is 0 Å². The van der Waals surface area contributed by atoms with Gasteiger partial charge in [-0.2, -0.15) is 16.9 Å². The van der Waals surface area contributed by atoms with Crippen LogP contribution in [0.15, 0.2) is 36.7 Å². The van der Waals surface area contributed by atoms with Gasteiger partial charge in [0.1, 0.15) is 17.5 Å². The van der Waals surface area contributed by atoms with Crippen LogP contribution in [0, 0.1) is 5.82 Å². The molecule has 0 bridgehead atoms. The number of hydrogen-bond donors (Lipinski definition) is 3. The number of thioether (sulfide) groups is 1. The van der Waals surface area contributed by atoms with Crippen molar-refractivity contribution in [2.24, 2.45) is 0 Å². The first-order chi connectivity index (χ1) is 17.0.